The standard InChI is InChI=1S/C15H11Cl2N3OS/c1-9-8-22-15(18-9)19-14(21)12-6-3-7-20(12)13-10(16)4-2-5-11(13)17/h2-8H,1H3,(H,18,19,21). The molecule has 1 amide bonds. The van der Waals surface area contributed by atoms with Crippen molar-refractivity contribution in [2.75, 3.05) is 5.32 Å². The van der Waals surface area contributed by atoms with Gasteiger partial charge in [0.2, 0.25) is 0 Å². The van der Waals surface area contributed by atoms with Crippen LogP contribution in [0.1, 0.15) is 16.2 Å². The van der Waals surface area contributed by atoms with Crippen molar-refractivity contribution in [1.29, 1.82) is 0 Å². The number of hydrogen-bond donors (Lipinski definition) is 1. The Labute approximate surface area is 141 Å². The second kappa shape index (κ2) is 6.12. The number of thiazole rings is 1. The van der Waals surface area contributed by atoms with Crippen LogP contribution in [0.2, 0.25) is 10.0 Å². The summed E-state index contributed by atoms with van der Waals surface area (Å²) in [7, 11) is 0. The lowest BCUT2D eigenvalue weighted by Crippen LogP contribution is -2.16. The van der Waals surface area contributed by atoms with Gasteiger partial charge in [-0.3, -0.25) is 10.1 Å². The van der Waals surface area contributed by atoms with E-state index in [1.54, 1.807) is 41.1 Å². The molecule has 4 nitrogen and oxygen atoms in total. The highest BCUT2D eigenvalue weighted by Gasteiger charge is 2.17. The summed E-state index contributed by atoms with van der Waals surface area (Å²) < 4.78 is 1.67. The number of para-hydroxylation sites is 1. The minimum Gasteiger partial charge on any atom is -0.310 e. The molecule has 0 saturated carbocycles. The first-order chi connectivity index (χ1) is 10.6. The molecule has 2 heterocycles. The van der Waals surface area contributed by atoms with Crippen molar-refractivity contribution in [2.45, 2.75) is 6.92 Å². The SMILES string of the molecule is Cc1csc(NC(=O)c2cccn2-c2c(Cl)cccc2Cl)n1. The van der Waals surface area contributed by atoms with Gasteiger partial charge in [0.1, 0.15) is 5.69 Å². The van der Waals surface area contributed by atoms with Gasteiger partial charge in [-0.1, -0.05) is 29.3 Å². The van der Waals surface area contributed by atoms with Crippen molar-refractivity contribution in [3.05, 3.63) is 63.3 Å². The van der Waals surface area contributed by atoms with Crippen LogP contribution in [0.15, 0.2) is 41.9 Å². The number of carbonyl (C=O) groups excluding carboxylic acids is 1. The number of carbonyl (C=O) groups is 1. The Kier molecular flexibility index (Phi) is 4.20. The molecule has 1 N–H and O–H groups in total. The van der Waals surface area contributed by atoms with Crippen molar-refractivity contribution in [2.24, 2.45) is 0 Å². The fourth-order valence-electron chi connectivity index (χ4n) is 2.05. The zero-order chi connectivity index (χ0) is 15.7. The Hall–Kier alpha value is -1.82. The number of hydrogen-bond acceptors (Lipinski definition) is 3. The molecule has 3 rings (SSSR count). The van der Waals surface area contributed by atoms with Crippen LogP contribution in [0, 0.1) is 6.92 Å². The largest absolute Gasteiger partial charge is 0.310 e. The van der Waals surface area contributed by atoms with Crippen LogP contribution in [0.4, 0.5) is 5.13 Å². The summed E-state index contributed by atoms with van der Waals surface area (Å²) in [6, 6.07) is 8.69. The van der Waals surface area contributed by atoms with Crippen LogP contribution < -0.4 is 5.32 Å². The molecule has 2 aromatic heterocycles. The van der Waals surface area contributed by atoms with Gasteiger partial charge in [0.25, 0.3) is 5.91 Å². The minimum atomic E-state index is -0.268. The van der Waals surface area contributed by atoms with Crippen LogP contribution in [0.3, 0.4) is 0 Å². The van der Waals surface area contributed by atoms with Gasteiger partial charge in [-0.15, -0.1) is 11.3 Å². The van der Waals surface area contributed by atoms with Gasteiger partial charge in [-0.2, -0.15) is 0 Å². The molecule has 0 spiro atoms. The number of benzene rings is 1. The Morgan fingerprint density at radius 3 is 2.59 bits per heavy atom. The molecule has 0 aliphatic rings. The van der Waals surface area contributed by atoms with Crippen molar-refractivity contribution < 1.29 is 4.79 Å². The second-order valence-electron chi connectivity index (χ2n) is 4.58. The van der Waals surface area contributed by atoms with Gasteiger partial charge in [0, 0.05) is 11.6 Å². The number of aryl methyl sites for hydroxylation is 1. The lowest BCUT2D eigenvalue weighted by Gasteiger charge is -2.12. The van der Waals surface area contributed by atoms with Gasteiger partial charge < -0.3 is 4.57 Å². The van der Waals surface area contributed by atoms with Crippen LogP contribution in [-0.4, -0.2) is 15.5 Å². The van der Waals surface area contributed by atoms with Crippen LogP contribution in [0.5, 0.6) is 0 Å². The van der Waals surface area contributed by atoms with Crippen molar-refractivity contribution in [3.63, 3.8) is 0 Å². The first-order valence-corrected chi connectivity index (χ1v) is 8.05. The minimum absolute atomic E-state index is 0.268. The third kappa shape index (κ3) is 2.88. The van der Waals surface area contributed by atoms with E-state index in [0.717, 1.165) is 5.69 Å². The van der Waals surface area contributed by atoms with Crippen LogP contribution in [-0.2, 0) is 0 Å². The van der Waals surface area contributed by atoms with Gasteiger partial charge in [-0.25, -0.2) is 4.98 Å². The second-order valence-corrected chi connectivity index (χ2v) is 6.25. The molecule has 0 aliphatic heterocycles. The van der Waals surface area contributed by atoms with E-state index >= 15 is 0 Å². The summed E-state index contributed by atoms with van der Waals surface area (Å²) in [5.74, 6) is -0.268. The van der Waals surface area contributed by atoms with E-state index in [1.807, 2.05) is 12.3 Å². The normalized spacial score (nSPS) is 10.7. The summed E-state index contributed by atoms with van der Waals surface area (Å²) in [6.45, 7) is 1.87. The summed E-state index contributed by atoms with van der Waals surface area (Å²) in [6.07, 6.45) is 1.75. The maximum absolute atomic E-state index is 12.4. The van der Waals surface area contributed by atoms with Crippen LogP contribution in [0.25, 0.3) is 5.69 Å². The molecule has 0 aliphatic carbocycles. The number of amides is 1. The average Bonchev–Trinajstić information content (AvgIpc) is 3.08. The van der Waals surface area contributed by atoms with E-state index < -0.39 is 0 Å². The molecule has 1 aromatic carbocycles. The van der Waals surface area contributed by atoms with E-state index in [9.17, 15) is 4.79 Å². The highest BCUT2D eigenvalue weighted by molar-refractivity contribution is 7.13. The molecule has 3 aromatic rings. The van der Waals surface area contributed by atoms with Gasteiger partial charge >= 0.3 is 0 Å². The summed E-state index contributed by atoms with van der Waals surface area (Å²) in [5, 5.41) is 6.16. The zero-order valence-electron chi connectivity index (χ0n) is 11.5. The molecule has 0 unspecified atom stereocenters. The molecule has 0 fully saturated rings. The highest BCUT2D eigenvalue weighted by Crippen LogP contribution is 2.30. The first kappa shape index (κ1) is 15.1. The first-order valence-electron chi connectivity index (χ1n) is 6.41. The molecule has 0 radical (unpaired) electrons. The third-order valence-electron chi connectivity index (χ3n) is 3.00. The number of halogens is 2. The molecule has 7 heteroatoms. The smallest absolute Gasteiger partial charge is 0.274 e. The van der Waals surface area contributed by atoms with Gasteiger partial charge in [0.05, 0.1) is 21.4 Å². The van der Waals surface area contributed by atoms with Crippen LogP contribution >= 0.6 is 34.5 Å². The Morgan fingerprint density at radius 2 is 1.95 bits per heavy atom. The molecular formula is C15H11Cl2N3OS. The summed E-state index contributed by atoms with van der Waals surface area (Å²) in [5.41, 5.74) is 1.88. The predicted octanol–water partition coefficient (Wildman–Crippen LogP) is 4.80. The van der Waals surface area contributed by atoms with E-state index in [-0.39, 0.29) is 5.91 Å². The number of rotatable bonds is 3. The average molecular weight is 352 g/mol. The van der Waals surface area contributed by atoms with E-state index in [4.69, 9.17) is 23.2 Å². The number of aromatic nitrogens is 2. The van der Waals surface area contributed by atoms with E-state index in [1.165, 1.54) is 11.3 Å². The molecule has 0 saturated heterocycles. The number of anilines is 1. The molecular weight excluding hydrogens is 341 g/mol. The number of nitrogens with zero attached hydrogens (tertiary/aromatic N) is 2. The highest BCUT2D eigenvalue weighted by atomic mass is 35.5. The maximum atomic E-state index is 12.4. The quantitative estimate of drug-likeness (QED) is 0.736. The zero-order valence-corrected chi connectivity index (χ0v) is 13.8. The Bertz CT molecular complexity index is 821. The van der Waals surface area contributed by atoms with Gasteiger partial charge in [0.15, 0.2) is 5.13 Å². The lowest BCUT2D eigenvalue weighted by molar-refractivity contribution is 0.102. The maximum Gasteiger partial charge on any atom is 0.274 e. The Balaban J connectivity index is 1.97. The topological polar surface area (TPSA) is 46.9 Å². The van der Waals surface area contributed by atoms with Gasteiger partial charge in [-0.05, 0) is 31.2 Å². The fraction of sp³-hybridized carbons (Fsp3) is 0.0667. The van der Waals surface area contributed by atoms with Crippen molar-refractivity contribution in [3.8, 4) is 5.69 Å². The summed E-state index contributed by atoms with van der Waals surface area (Å²) in [4.78, 5) is 16.7. The third-order valence-corrected chi connectivity index (χ3v) is 4.48. The van der Waals surface area contributed by atoms with E-state index in [0.29, 0.717) is 26.6 Å². The predicted molar refractivity (Wildman–Crippen MR) is 90.6 cm³/mol. The Morgan fingerprint density at radius 1 is 1.23 bits per heavy atom. The lowest BCUT2D eigenvalue weighted by atomic mass is 10.3. The molecule has 0 bridgehead atoms. The van der Waals surface area contributed by atoms with Crippen molar-refractivity contribution in [1.82, 2.24) is 9.55 Å². The molecule has 0 atom stereocenters. The fourth-order valence-corrected chi connectivity index (χ4v) is 3.32. The number of nitrogens with one attached hydrogen (secondary N) is 1. The molecule has 112 valence electrons. The van der Waals surface area contributed by atoms with Crippen molar-refractivity contribution >= 4 is 45.6 Å². The molecule has 22 heavy (non-hydrogen) atoms. The monoisotopic (exact) mass is 351 g/mol. The van der Waals surface area contributed by atoms with E-state index in [2.05, 4.69) is 10.3 Å². The summed E-state index contributed by atoms with van der Waals surface area (Å²) >= 11 is 13.8.